The van der Waals surface area contributed by atoms with Gasteiger partial charge >= 0.3 is 0 Å². The molecule has 0 amide bonds. The molecule has 2 rings (SSSR count). The Morgan fingerprint density at radius 2 is 2.10 bits per heavy atom. The minimum atomic E-state index is 0.272. The first-order chi connectivity index (χ1) is 9.65. The van der Waals surface area contributed by atoms with Crippen LogP contribution in [0.4, 0.5) is 5.82 Å². The number of halogens is 1. The van der Waals surface area contributed by atoms with Crippen molar-refractivity contribution >= 4 is 21.7 Å². The van der Waals surface area contributed by atoms with E-state index in [1.165, 1.54) is 0 Å². The van der Waals surface area contributed by atoms with Gasteiger partial charge < -0.3 is 9.64 Å². The summed E-state index contributed by atoms with van der Waals surface area (Å²) in [5, 5.41) is 17.0. The third-order valence-corrected chi connectivity index (χ3v) is 3.28. The molecule has 20 heavy (non-hydrogen) atoms. The number of nitrogens with zero attached hydrogens (tertiary/aromatic N) is 4. The molecule has 0 radical (unpaired) electrons. The van der Waals surface area contributed by atoms with E-state index < -0.39 is 0 Å². The molecule has 1 aromatic heterocycles. The SMILES string of the molecule is COc1ccc(Br)cc1-c1ccc(N(C)CC#N)nn1. The van der Waals surface area contributed by atoms with Gasteiger partial charge in [0.2, 0.25) is 0 Å². The molecule has 102 valence electrons. The number of benzene rings is 1. The summed E-state index contributed by atoms with van der Waals surface area (Å²) >= 11 is 3.43. The molecule has 0 N–H and O–H groups in total. The second-order valence-corrected chi connectivity index (χ2v) is 5.05. The summed E-state index contributed by atoms with van der Waals surface area (Å²) in [5.74, 6) is 1.39. The van der Waals surface area contributed by atoms with Crippen molar-refractivity contribution in [2.45, 2.75) is 0 Å². The predicted molar refractivity (Wildman–Crippen MR) is 80.6 cm³/mol. The predicted octanol–water partition coefficient (Wildman–Crippen LogP) is 2.87. The number of rotatable bonds is 4. The molecule has 1 heterocycles. The van der Waals surface area contributed by atoms with Crippen LogP contribution in [-0.2, 0) is 0 Å². The number of hydrogen-bond donors (Lipinski definition) is 0. The monoisotopic (exact) mass is 332 g/mol. The Morgan fingerprint density at radius 3 is 2.70 bits per heavy atom. The van der Waals surface area contributed by atoms with E-state index in [0.717, 1.165) is 21.5 Å². The lowest BCUT2D eigenvalue weighted by Gasteiger charge is -2.13. The van der Waals surface area contributed by atoms with Crippen molar-refractivity contribution in [1.82, 2.24) is 10.2 Å². The summed E-state index contributed by atoms with van der Waals surface area (Å²) in [4.78, 5) is 1.73. The maximum atomic E-state index is 8.67. The molecule has 0 bridgehead atoms. The van der Waals surface area contributed by atoms with Gasteiger partial charge in [-0.2, -0.15) is 5.26 Å². The number of methoxy groups -OCH3 is 1. The largest absolute Gasteiger partial charge is 0.496 e. The zero-order valence-corrected chi connectivity index (χ0v) is 12.8. The Kier molecular flexibility index (Phi) is 4.53. The van der Waals surface area contributed by atoms with Crippen LogP contribution in [0.1, 0.15) is 0 Å². The van der Waals surface area contributed by atoms with E-state index in [4.69, 9.17) is 10.00 Å². The summed E-state index contributed by atoms with van der Waals surface area (Å²) < 4.78 is 6.27. The highest BCUT2D eigenvalue weighted by atomic mass is 79.9. The third kappa shape index (κ3) is 3.06. The molecule has 6 heteroatoms. The van der Waals surface area contributed by atoms with E-state index in [2.05, 4.69) is 32.2 Å². The van der Waals surface area contributed by atoms with Crippen molar-refractivity contribution in [2.24, 2.45) is 0 Å². The Bertz CT molecular complexity index is 637. The summed E-state index contributed by atoms with van der Waals surface area (Å²) in [5.41, 5.74) is 1.58. The summed E-state index contributed by atoms with van der Waals surface area (Å²) in [6, 6.07) is 11.5. The normalized spacial score (nSPS) is 9.90. The van der Waals surface area contributed by atoms with Crippen molar-refractivity contribution in [3.05, 3.63) is 34.8 Å². The first-order valence-electron chi connectivity index (χ1n) is 5.91. The highest BCUT2D eigenvalue weighted by Crippen LogP contribution is 2.31. The molecule has 0 saturated carbocycles. The van der Waals surface area contributed by atoms with Crippen molar-refractivity contribution < 1.29 is 4.74 Å². The topological polar surface area (TPSA) is 62.0 Å². The standard InChI is InChI=1S/C14H13BrN4O/c1-19(8-7-16)14-6-4-12(17-18-14)11-9-10(15)3-5-13(11)20-2/h3-6,9H,8H2,1-2H3. The minimum Gasteiger partial charge on any atom is -0.496 e. The van der Waals surface area contributed by atoms with Gasteiger partial charge in [0.1, 0.15) is 12.3 Å². The minimum absolute atomic E-state index is 0.272. The number of nitriles is 1. The fraction of sp³-hybridized carbons (Fsp3) is 0.214. The Morgan fingerprint density at radius 1 is 1.30 bits per heavy atom. The number of ether oxygens (including phenoxy) is 1. The number of hydrogen-bond acceptors (Lipinski definition) is 5. The maximum absolute atomic E-state index is 8.67. The molecule has 0 unspecified atom stereocenters. The highest BCUT2D eigenvalue weighted by Gasteiger charge is 2.10. The number of anilines is 1. The van der Waals surface area contributed by atoms with Crippen LogP contribution in [0.15, 0.2) is 34.8 Å². The van der Waals surface area contributed by atoms with Gasteiger partial charge in [-0.3, -0.25) is 0 Å². The van der Waals surface area contributed by atoms with E-state index in [1.54, 1.807) is 19.1 Å². The molecule has 1 aromatic carbocycles. The lowest BCUT2D eigenvalue weighted by Crippen LogP contribution is -2.18. The van der Waals surface area contributed by atoms with Crippen molar-refractivity contribution in [2.75, 3.05) is 25.6 Å². The molecular formula is C14H13BrN4O. The first kappa shape index (κ1) is 14.3. The van der Waals surface area contributed by atoms with Gasteiger partial charge in [0.15, 0.2) is 5.82 Å². The molecule has 5 nitrogen and oxygen atoms in total. The summed E-state index contributed by atoms with van der Waals surface area (Å²) in [6.07, 6.45) is 0. The summed E-state index contributed by atoms with van der Waals surface area (Å²) in [6.45, 7) is 0.272. The van der Waals surface area contributed by atoms with Gasteiger partial charge in [0.05, 0.1) is 18.9 Å². The molecule has 0 atom stereocenters. The molecule has 0 saturated heterocycles. The average Bonchev–Trinajstić information content (AvgIpc) is 2.47. The molecule has 0 fully saturated rings. The van der Waals surface area contributed by atoms with Crippen LogP contribution < -0.4 is 9.64 Å². The molecule has 0 aliphatic carbocycles. The van der Waals surface area contributed by atoms with Crippen LogP contribution in [0.3, 0.4) is 0 Å². The lowest BCUT2D eigenvalue weighted by molar-refractivity contribution is 0.416. The van der Waals surface area contributed by atoms with Crippen LogP contribution in [0.2, 0.25) is 0 Å². The van der Waals surface area contributed by atoms with Gasteiger partial charge in [0, 0.05) is 17.1 Å². The van der Waals surface area contributed by atoms with Crippen LogP contribution >= 0.6 is 15.9 Å². The fourth-order valence-electron chi connectivity index (χ4n) is 1.74. The van der Waals surface area contributed by atoms with Crippen molar-refractivity contribution in [1.29, 1.82) is 5.26 Å². The van der Waals surface area contributed by atoms with E-state index in [9.17, 15) is 0 Å². The van der Waals surface area contributed by atoms with E-state index in [1.807, 2.05) is 30.3 Å². The number of aromatic nitrogens is 2. The average molecular weight is 333 g/mol. The Hall–Kier alpha value is -2.13. The van der Waals surface area contributed by atoms with E-state index in [0.29, 0.717) is 5.82 Å². The van der Waals surface area contributed by atoms with Crippen LogP contribution in [-0.4, -0.2) is 30.9 Å². The molecule has 0 aliphatic rings. The van der Waals surface area contributed by atoms with Crippen LogP contribution in [0, 0.1) is 11.3 Å². The van der Waals surface area contributed by atoms with Gasteiger partial charge in [0.25, 0.3) is 0 Å². The van der Waals surface area contributed by atoms with Crippen molar-refractivity contribution in [3.8, 4) is 23.1 Å². The van der Waals surface area contributed by atoms with E-state index >= 15 is 0 Å². The third-order valence-electron chi connectivity index (χ3n) is 2.79. The molecular weight excluding hydrogens is 320 g/mol. The lowest BCUT2D eigenvalue weighted by atomic mass is 10.1. The first-order valence-corrected chi connectivity index (χ1v) is 6.70. The quantitative estimate of drug-likeness (QED) is 0.805. The zero-order chi connectivity index (χ0) is 14.5. The Labute approximate surface area is 125 Å². The molecule has 2 aromatic rings. The Balaban J connectivity index is 2.35. The van der Waals surface area contributed by atoms with Gasteiger partial charge in [-0.05, 0) is 30.3 Å². The fourth-order valence-corrected chi connectivity index (χ4v) is 2.10. The highest BCUT2D eigenvalue weighted by molar-refractivity contribution is 9.10. The smallest absolute Gasteiger partial charge is 0.151 e. The maximum Gasteiger partial charge on any atom is 0.151 e. The van der Waals surface area contributed by atoms with E-state index in [-0.39, 0.29) is 6.54 Å². The second kappa shape index (κ2) is 6.35. The van der Waals surface area contributed by atoms with Crippen LogP contribution in [0.25, 0.3) is 11.3 Å². The van der Waals surface area contributed by atoms with Crippen LogP contribution in [0.5, 0.6) is 5.75 Å². The molecule has 0 spiro atoms. The van der Waals surface area contributed by atoms with Crippen molar-refractivity contribution in [3.63, 3.8) is 0 Å². The van der Waals surface area contributed by atoms with Gasteiger partial charge in [-0.25, -0.2) is 0 Å². The molecule has 0 aliphatic heterocycles. The van der Waals surface area contributed by atoms with Gasteiger partial charge in [-0.15, -0.1) is 10.2 Å². The summed E-state index contributed by atoms with van der Waals surface area (Å²) in [7, 11) is 3.42. The zero-order valence-electron chi connectivity index (χ0n) is 11.2. The van der Waals surface area contributed by atoms with Gasteiger partial charge in [-0.1, -0.05) is 15.9 Å². The second-order valence-electron chi connectivity index (χ2n) is 4.14.